The average Bonchev–Trinajstić information content (AvgIpc) is 3.53. The van der Waals surface area contributed by atoms with Gasteiger partial charge in [-0.15, -0.1) is 0 Å². The van der Waals surface area contributed by atoms with Crippen LogP contribution in [-0.4, -0.2) is 83.0 Å². The predicted octanol–water partition coefficient (Wildman–Crippen LogP) is 3.81. The Balaban J connectivity index is 1.34. The first-order chi connectivity index (χ1) is 20.2. The van der Waals surface area contributed by atoms with E-state index in [0.717, 1.165) is 48.7 Å². The first-order valence-electron chi connectivity index (χ1n) is 14.8. The molecule has 0 bridgehead atoms. The monoisotopic (exact) mass is 582 g/mol. The van der Waals surface area contributed by atoms with E-state index in [-0.39, 0.29) is 18.5 Å². The fourth-order valence-electron chi connectivity index (χ4n) is 7.55. The first-order valence-corrected chi connectivity index (χ1v) is 14.8. The molecule has 4 atom stereocenters. The normalized spacial score (nSPS) is 26.6. The third-order valence-electron chi connectivity index (χ3n) is 9.78. The van der Waals surface area contributed by atoms with E-state index < -0.39 is 35.1 Å². The maximum absolute atomic E-state index is 15.2. The number of aliphatic hydroxyl groups excluding tert-OH is 1. The highest BCUT2D eigenvalue weighted by Gasteiger charge is 2.45. The van der Waals surface area contributed by atoms with Crippen molar-refractivity contribution < 1.29 is 23.0 Å². The number of benzene rings is 1. The molecule has 2 fully saturated rings. The number of aromatic nitrogens is 2. The summed E-state index contributed by atoms with van der Waals surface area (Å²) in [6, 6.07) is 4.68. The minimum absolute atomic E-state index is 0.0984. The second kappa shape index (κ2) is 11.5. The summed E-state index contributed by atoms with van der Waals surface area (Å²) in [6.45, 7) is 5.83. The number of hydrogen-bond acceptors (Lipinski definition) is 8. The highest BCUT2D eigenvalue weighted by molar-refractivity contribution is 5.54. The van der Waals surface area contributed by atoms with E-state index in [4.69, 9.17) is 14.7 Å². The molecule has 0 saturated carbocycles. The van der Waals surface area contributed by atoms with Crippen LogP contribution < -0.4 is 9.64 Å². The summed E-state index contributed by atoms with van der Waals surface area (Å²) in [5, 5.41) is 19.9. The molecule has 2 aromatic rings. The topological polar surface area (TPSA) is 88.8 Å². The summed E-state index contributed by atoms with van der Waals surface area (Å²) in [6.07, 6.45) is 3.89. The second-order valence-corrected chi connectivity index (χ2v) is 12.2. The van der Waals surface area contributed by atoms with Crippen molar-refractivity contribution >= 4 is 5.82 Å². The lowest BCUT2D eigenvalue weighted by atomic mass is 9.69. The molecular formula is C31H37F3N6O2. The molecule has 1 aromatic carbocycles. The number of piperazine rings is 1. The molecule has 1 spiro atoms. The molecule has 11 heteroatoms. The lowest BCUT2D eigenvalue weighted by Crippen LogP contribution is -2.57. The van der Waals surface area contributed by atoms with Gasteiger partial charge in [0.25, 0.3) is 0 Å². The number of rotatable bonds is 7. The molecule has 224 valence electrons. The van der Waals surface area contributed by atoms with E-state index in [9.17, 15) is 19.1 Å². The van der Waals surface area contributed by atoms with E-state index in [2.05, 4.69) is 29.5 Å². The van der Waals surface area contributed by atoms with Crippen LogP contribution in [0.15, 0.2) is 24.5 Å². The van der Waals surface area contributed by atoms with Gasteiger partial charge in [0, 0.05) is 55.2 Å². The quantitative estimate of drug-likeness (QED) is 0.528. The van der Waals surface area contributed by atoms with E-state index >= 15 is 4.39 Å². The minimum Gasteiger partial charge on any atom is -0.462 e. The summed E-state index contributed by atoms with van der Waals surface area (Å²) < 4.78 is 49.3. The van der Waals surface area contributed by atoms with E-state index in [1.54, 1.807) is 4.90 Å². The van der Waals surface area contributed by atoms with Gasteiger partial charge in [0.05, 0.1) is 18.2 Å². The van der Waals surface area contributed by atoms with E-state index in [1.807, 2.05) is 0 Å². The Morgan fingerprint density at radius 3 is 2.76 bits per heavy atom. The van der Waals surface area contributed by atoms with Gasteiger partial charge in [-0.3, -0.25) is 4.90 Å². The number of halogens is 3. The number of aliphatic hydroxyl groups is 1. The van der Waals surface area contributed by atoms with Crippen LogP contribution in [0.4, 0.5) is 19.0 Å². The molecule has 2 aliphatic heterocycles. The second-order valence-electron chi connectivity index (χ2n) is 12.2. The van der Waals surface area contributed by atoms with Gasteiger partial charge in [0.15, 0.2) is 6.23 Å². The van der Waals surface area contributed by atoms with Crippen molar-refractivity contribution in [1.29, 1.82) is 5.26 Å². The molecule has 6 rings (SSSR count). The zero-order valence-electron chi connectivity index (χ0n) is 24.0. The highest BCUT2D eigenvalue weighted by Crippen LogP contribution is 2.50. The molecule has 0 radical (unpaired) electrons. The van der Waals surface area contributed by atoms with Gasteiger partial charge < -0.3 is 19.6 Å². The maximum atomic E-state index is 15.2. The van der Waals surface area contributed by atoms with Gasteiger partial charge in [0.2, 0.25) is 0 Å². The number of fused-ring (bicyclic) bond motifs is 3. The minimum atomic E-state index is -1.48. The molecule has 42 heavy (non-hydrogen) atoms. The van der Waals surface area contributed by atoms with Gasteiger partial charge in [0.1, 0.15) is 29.9 Å². The molecule has 4 aliphatic rings. The van der Waals surface area contributed by atoms with Crippen LogP contribution in [0, 0.1) is 23.0 Å². The molecule has 2 saturated heterocycles. The third-order valence-corrected chi connectivity index (χ3v) is 9.78. The Bertz CT molecular complexity index is 1420. The summed E-state index contributed by atoms with van der Waals surface area (Å²) in [5.74, 6) is -1.19. The van der Waals surface area contributed by atoms with Gasteiger partial charge >= 0.3 is 6.01 Å². The van der Waals surface area contributed by atoms with Crippen molar-refractivity contribution in [1.82, 2.24) is 19.8 Å². The average molecular weight is 583 g/mol. The summed E-state index contributed by atoms with van der Waals surface area (Å²) in [5.41, 5.74) is 2.63. The number of likely N-dealkylation sites (N-methyl/N-ethyl adjacent to an activating group) is 1. The van der Waals surface area contributed by atoms with Crippen LogP contribution >= 0.6 is 0 Å². The Hall–Kier alpha value is -3.20. The Kier molecular flexibility index (Phi) is 7.89. The molecule has 1 aromatic heterocycles. The van der Waals surface area contributed by atoms with Crippen molar-refractivity contribution in [3.05, 3.63) is 58.6 Å². The number of likely N-dealkylation sites (tertiary alicyclic amines) is 1. The lowest BCUT2D eigenvalue weighted by molar-refractivity contribution is -0.0167. The van der Waals surface area contributed by atoms with Crippen LogP contribution in [0.2, 0.25) is 0 Å². The molecular weight excluding hydrogens is 545 g/mol. The van der Waals surface area contributed by atoms with Crippen molar-refractivity contribution in [2.45, 2.75) is 75.1 Å². The molecule has 1 N–H and O–H groups in total. The van der Waals surface area contributed by atoms with Crippen LogP contribution in [-0.2, 0) is 24.7 Å². The van der Waals surface area contributed by atoms with Gasteiger partial charge in [-0.25, -0.2) is 13.2 Å². The van der Waals surface area contributed by atoms with Gasteiger partial charge in [-0.1, -0.05) is 6.58 Å². The zero-order valence-corrected chi connectivity index (χ0v) is 24.0. The Morgan fingerprint density at radius 2 is 2.02 bits per heavy atom. The Morgan fingerprint density at radius 1 is 1.21 bits per heavy atom. The van der Waals surface area contributed by atoms with Crippen LogP contribution in [0.25, 0.3) is 0 Å². The lowest BCUT2D eigenvalue weighted by Gasteiger charge is -2.44. The summed E-state index contributed by atoms with van der Waals surface area (Å²) in [7, 11) is 2.08. The highest BCUT2D eigenvalue weighted by atomic mass is 19.1. The largest absolute Gasteiger partial charge is 0.462 e. The number of nitrogens with zero attached hydrogens (tertiary/aromatic N) is 6. The summed E-state index contributed by atoms with van der Waals surface area (Å²) in [4.78, 5) is 15.7. The summed E-state index contributed by atoms with van der Waals surface area (Å²) >= 11 is 0. The third kappa shape index (κ3) is 5.25. The van der Waals surface area contributed by atoms with Crippen molar-refractivity contribution in [3.8, 4) is 12.1 Å². The number of nitriles is 1. The standard InChI is InChI=1S/C31H37F3N6O2/c1-19(32)29(41)40-13-12-39(17-22(40)7-10-35)28-24-6-9-31(8-5-20-14-21(33)15-25(34)27(20)31)16-26(24)36-30(37-28)42-18-23-4-3-11-38(23)2/h14-15,22-23,29,41H,1,3-9,11-13,16-18H2,2H3/t22-,23-,29?,31?/m0/s1. The molecule has 3 heterocycles. The Labute approximate surface area is 244 Å². The van der Waals surface area contributed by atoms with Crippen molar-refractivity contribution in [3.63, 3.8) is 0 Å². The maximum Gasteiger partial charge on any atom is 0.318 e. The van der Waals surface area contributed by atoms with E-state index in [0.29, 0.717) is 63.3 Å². The molecule has 8 nitrogen and oxygen atoms in total. The van der Waals surface area contributed by atoms with Gasteiger partial charge in [-0.05, 0) is 69.3 Å². The number of aryl methyl sites for hydroxylation is 1. The zero-order chi connectivity index (χ0) is 29.6. The molecule has 2 unspecified atom stereocenters. The number of ether oxygens (including phenoxy) is 1. The number of hydrogen-bond donors (Lipinski definition) is 1. The van der Waals surface area contributed by atoms with Crippen molar-refractivity contribution in [2.24, 2.45) is 0 Å². The molecule has 2 aliphatic carbocycles. The predicted molar refractivity (Wildman–Crippen MR) is 151 cm³/mol. The van der Waals surface area contributed by atoms with Crippen LogP contribution in [0.5, 0.6) is 6.01 Å². The van der Waals surface area contributed by atoms with E-state index in [1.165, 1.54) is 6.07 Å². The fraction of sp³-hybridized carbons (Fsp3) is 0.581. The fourth-order valence-corrected chi connectivity index (χ4v) is 7.55. The SMILES string of the molecule is C=C(F)C(O)N1CCN(c2nc(OC[C@@H]3CCCN3C)nc3c2CCC2(CCc4cc(F)cc(F)c42)C3)C[C@@H]1CC#N. The van der Waals surface area contributed by atoms with Crippen LogP contribution in [0.3, 0.4) is 0 Å². The molecule has 0 amide bonds. The number of anilines is 1. The van der Waals surface area contributed by atoms with Crippen molar-refractivity contribution in [2.75, 3.05) is 44.7 Å². The smallest absolute Gasteiger partial charge is 0.318 e. The first kappa shape index (κ1) is 28.9. The van der Waals surface area contributed by atoms with Gasteiger partial charge in [-0.2, -0.15) is 15.2 Å². The van der Waals surface area contributed by atoms with Crippen LogP contribution in [0.1, 0.15) is 54.5 Å².